The molecule has 0 aliphatic heterocycles. The summed E-state index contributed by atoms with van der Waals surface area (Å²) >= 11 is 0. The number of alkyl halides is 2. The summed E-state index contributed by atoms with van der Waals surface area (Å²) in [5.74, 6) is -1.13. The molecule has 8 heteroatoms. The van der Waals surface area contributed by atoms with Crippen LogP contribution in [0.2, 0.25) is 0 Å². The zero-order valence-corrected chi connectivity index (χ0v) is 7.35. The van der Waals surface area contributed by atoms with Crippen molar-refractivity contribution in [2.45, 2.75) is 13.0 Å². The van der Waals surface area contributed by atoms with Crippen LogP contribution in [-0.2, 0) is 6.54 Å². The van der Waals surface area contributed by atoms with Crippen LogP contribution in [0, 0.1) is 10.1 Å². The quantitative estimate of drug-likeness (QED) is 0.585. The highest BCUT2D eigenvalue weighted by Gasteiger charge is 2.27. The van der Waals surface area contributed by atoms with E-state index in [0.717, 1.165) is 6.20 Å². The number of nitrogens with two attached hydrogens (primary N) is 1. The Labute approximate surface area is 82.5 Å². The molecule has 82 valence electrons. The molecule has 0 aliphatic rings. The highest BCUT2D eigenvalue weighted by Crippen LogP contribution is 2.36. The summed E-state index contributed by atoms with van der Waals surface area (Å²) in [4.78, 5) is 12.7. The molecule has 0 aromatic carbocycles. The fraction of sp³-hybridized carbons (Fsp3) is 0.286. The van der Waals surface area contributed by atoms with Gasteiger partial charge in [0.15, 0.2) is 5.69 Å². The smallest absolute Gasteiger partial charge is 0.318 e. The van der Waals surface area contributed by atoms with Gasteiger partial charge in [0.2, 0.25) is 5.75 Å². The molecule has 6 nitrogen and oxygen atoms in total. The van der Waals surface area contributed by atoms with Crippen molar-refractivity contribution >= 4 is 5.69 Å². The van der Waals surface area contributed by atoms with Gasteiger partial charge in [-0.3, -0.25) is 15.1 Å². The van der Waals surface area contributed by atoms with Gasteiger partial charge in [0.25, 0.3) is 6.43 Å². The van der Waals surface area contributed by atoms with E-state index in [4.69, 9.17) is 5.73 Å². The van der Waals surface area contributed by atoms with Crippen LogP contribution in [0.25, 0.3) is 0 Å². The van der Waals surface area contributed by atoms with Crippen LogP contribution >= 0.6 is 0 Å². The molecule has 1 aromatic heterocycles. The Bertz CT molecular complexity index is 397. The SMILES string of the molecule is NCc1cnc(C(F)F)c(O)c1[N+](=O)[O-]. The van der Waals surface area contributed by atoms with Crippen LogP contribution in [0.3, 0.4) is 0 Å². The van der Waals surface area contributed by atoms with Crippen LogP contribution in [0.15, 0.2) is 6.20 Å². The molecule has 15 heavy (non-hydrogen) atoms. The Morgan fingerprint density at radius 3 is 2.67 bits per heavy atom. The second kappa shape index (κ2) is 4.13. The van der Waals surface area contributed by atoms with Crippen LogP contribution in [0.1, 0.15) is 17.7 Å². The fourth-order valence-electron chi connectivity index (χ4n) is 1.06. The first-order valence-corrected chi connectivity index (χ1v) is 3.82. The standard InChI is InChI=1S/C7H7F2N3O3/c8-7(9)4-6(13)5(12(14)15)3(1-10)2-11-4/h2,7,13H,1,10H2. The molecule has 0 spiro atoms. The molecule has 0 bridgehead atoms. The summed E-state index contributed by atoms with van der Waals surface area (Å²) in [7, 11) is 0. The maximum Gasteiger partial charge on any atom is 0.318 e. The van der Waals surface area contributed by atoms with Crippen molar-refractivity contribution in [1.82, 2.24) is 4.98 Å². The van der Waals surface area contributed by atoms with Crippen LogP contribution < -0.4 is 5.73 Å². The molecule has 1 rings (SSSR count). The third-order valence-electron chi connectivity index (χ3n) is 1.74. The number of pyridine rings is 1. The van der Waals surface area contributed by atoms with E-state index in [9.17, 15) is 24.0 Å². The maximum absolute atomic E-state index is 12.2. The minimum absolute atomic E-state index is 0.0955. The second-order valence-electron chi connectivity index (χ2n) is 2.63. The maximum atomic E-state index is 12.2. The van der Waals surface area contributed by atoms with Gasteiger partial charge in [-0.25, -0.2) is 8.78 Å². The summed E-state index contributed by atoms with van der Waals surface area (Å²) in [5.41, 5.74) is 3.21. The number of nitro groups is 1. The van der Waals surface area contributed by atoms with E-state index in [1.165, 1.54) is 0 Å². The molecule has 1 heterocycles. The first kappa shape index (κ1) is 11.2. The highest BCUT2D eigenvalue weighted by atomic mass is 19.3. The number of aromatic hydroxyl groups is 1. The van der Waals surface area contributed by atoms with Crippen LogP contribution in [0.4, 0.5) is 14.5 Å². The van der Waals surface area contributed by atoms with Gasteiger partial charge < -0.3 is 10.8 Å². The second-order valence-corrected chi connectivity index (χ2v) is 2.63. The molecule has 0 saturated heterocycles. The van der Waals surface area contributed by atoms with Gasteiger partial charge in [-0.05, 0) is 0 Å². The van der Waals surface area contributed by atoms with Crippen LogP contribution in [0.5, 0.6) is 5.75 Å². The number of halogens is 2. The molecule has 0 amide bonds. The first-order chi connectivity index (χ1) is 6.99. The molecule has 0 fully saturated rings. The number of rotatable bonds is 3. The van der Waals surface area contributed by atoms with Gasteiger partial charge in [-0.2, -0.15) is 0 Å². The molecule has 1 aromatic rings. The van der Waals surface area contributed by atoms with Gasteiger partial charge in [-0.1, -0.05) is 0 Å². The van der Waals surface area contributed by atoms with Crippen molar-refractivity contribution in [3.05, 3.63) is 27.6 Å². The normalized spacial score (nSPS) is 10.7. The predicted molar refractivity (Wildman–Crippen MR) is 45.4 cm³/mol. The zero-order chi connectivity index (χ0) is 11.6. The van der Waals surface area contributed by atoms with Gasteiger partial charge in [-0.15, -0.1) is 0 Å². The number of hydrogen-bond donors (Lipinski definition) is 2. The number of nitrogens with zero attached hydrogens (tertiary/aromatic N) is 2. The average Bonchev–Trinajstić information content (AvgIpc) is 2.15. The third kappa shape index (κ3) is 1.99. The van der Waals surface area contributed by atoms with Gasteiger partial charge >= 0.3 is 5.69 Å². The fourth-order valence-corrected chi connectivity index (χ4v) is 1.06. The molecule has 0 atom stereocenters. The molecule has 0 radical (unpaired) electrons. The molecule has 0 saturated carbocycles. The summed E-state index contributed by atoms with van der Waals surface area (Å²) < 4.78 is 24.5. The van der Waals surface area contributed by atoms with Crippen molar-refractivity contribution in [3.8, 4) is 5.75 Å². The lowest BCUT2D eigenvalue weighted by atomic mass is 10.2. The Balaban J connectivity index is 3.42. The minimum atomic E-state index is -3.07. The molecule has 3 N–H and O–H groups in total. The number of hydrogen-bond acceptors (Lipinski definition) is 5. The first-order valence-electron chi connectivity index (χ1n) is 3.82. The average molecular weight is 219 g/mol. The van der Waals surface area contributed by atoms with E-state index in [1.54, 1.807) is 0 Å². The van der Waals surface area contributed by atoms with E-state index in [1.807, 2.05) is 0 Å². The lowest BCUT2D eigenvalue weighted by Gasteiger charge is -2.05. The largest absolute Gasteiger partial charge is 0.501 e. The summed E-state index contributed by atoms with van der Waals surface area (Å²) in [5, 5.41) is 19.7. The third-order valence-corrected chi connectivity index (χ3v) is 1.74. The van der Waals surface area contributed by atoms with E-state index in [-0.39, 0.29) is 12.1 Å². The zero-order valence-electron chi connectivity index (χ0n) is 7.35. The molecular formula is C7H7F2N3O3. The van der Waals surface area contributed by atoms with Crippen molar-refractivity contribution < 1.29 is 18.8 Å². The molecule has 0 aliphatic carbocycles. The van der Waals surface area contributed by atoms with Crippen molar-refractivity contribution in [2.24, 2.45) is 5.73 Å². The Kier molecular flexibility index (Phi) is 3.10. The van der Waals surface area contributed by atoms with Crippen molar-refractivity contribution in [1.29, 1.82) is 0 Å². The van der Waals surface area contributed by atoms with E-state index < -0.39 is 28.5 Å². The Morgan fingerprint density at radius 1 is 1.67 bits per heavy atom. The highest BCUT2D eigenvalue weighted by molar-refractivity contribution is 5.53. The van der Waals surface area contributed by atoms with Gasteiger partial charge in [0.1, 0.15) is 0 Å². The Hall–Kier alpha value is -1.83. The molecule has 0 unspecified atom stereocenters. The lowest BCUT2D eigenvalue weighted by Crippen LogP contribution is -2.05. The van der Waals surface area contributed by atoms with Gasteiger partial charge in [0, 0.05) is 12.7 Å². The van der Waals surface area contributed by atoms with Crippen molar-refractivity contribution in [2.75, 3.05) is 0 Å². The van der Waals surface area contributed by atoms with Gasteiger partial charge in [0.05, 0.1) is 10.5 Å². The van der Waals surface area contributed by atoms with E-state index >= 15 is 0 Å². The monoisotopic (exact) mass is 219 g/mol. The van der Waals surface area contributed by atoms with Crippen LogP contribution in [-0.4, -0.2) is 15.0 Å². The molecular weight excluding hydrogens is 212 g/mol. The van der Waals surface area contributed by atoms with E-state index in [2.05, 4.69) is 4.98 Å². The topological polar surface area (TPSA) is 102 Å². The van der Waals surface area contributed by atoms with Crippen molar-refractivity contribution in [3.63, 3.8) is 0 Å². The Morgan fingerprint density at radius 2 is 2.27 bits per heavy atom. The number of aromatic nitrogens is 1. The minimum Gasteiger partial charge on any atom is -0.501 e. The summed E-state index contributed by atoms with van der Waals surface area (Å²) in [6.07, 6.45) is -2.21. The predicted octanol–water partition coefficient (Wildman–Crippen LogP) is 1.09. The van der Waals surface area contributed by atoms with E-state index in [0.29, 0.717) is 0 Å². The lowest BCUT2D eigenvalue weighted by molar-refractivity contribution is -0.386. The summed E-state index contributed by atoms with van der Waals surface area (Å²) in [6.45, 7) is -0.264. The summed E-state index contributed by atoms with van der Waals surface area (Å²) in [6, 6.07) is 0.